The molecule has 1 aliphatic heterocycles. The second-order valence-corrected chi connectivity index (χ2v) is 7.02. The third-order valence-corrected chi connectivity index (χ3v) is 4.42. The Balaban J connectivity index is 1.85. The molecule has 0 saturated carbocycles. The van der Waals surface area contributed by atoms with Gasteiger partial charge in [-0.05, 0) is 52.3 Å². The zero-order valence-corrected chi connectivity index (χ0v) is 15.6. The number of hydrogen-bond donors (Lipinski definition) is 1. The molecule has 0 spiro atoms. The maximum atomic E-state index is 12.4. The second kappa shape index (κ2) is 8.38. The van der Waals surface area contributed by atoms with Gasteiger partial charge in [-0.25, -0.2) is 4.79 Å². The highest BCUT2D eigenvalue weighted by Crippen LogP contribution is 2.19. The van der Waals surface area contributed by atoms with E-state index in [0.717, 1.165) is 37.5 Å². The predicted octanol–water partition coefficient (Wildman–Crippen LogP) is 3.27. The highest BCUT2D eigenvalue weighted by molar-refractivity contribution is 5.74. The molecular formula is C19H31N3O2. The van der Waals surface area contributed by atoms with Crippen LogP contribution in [0.3, 0.4) is 0 Å². The van der Waals surface area contributed by atoms with E-state index in [1.807, 2.05) is 49.9 Å². The third-order valence-electron chi connectivity index (χ3n) is 4.42. The van der Waals surface area contributed by atoms with Crippen molar-refractivity contribution in [3.8, 4) is 5.75 Å². The highest BCUT2D eigenvalue weighted by atomic mass is 16.5. The summed E-state index contributed by atoms with van der Waals surface area (Å²) in [6.45, 7) is 13.9. The van der Waals surface area contributed by atoms with Crippen molar-refractivity contribution < 1.29 is 9.53 Å². The van der Waals surface area contributed by atoms with Crippen molar-refractivity contribution in [2.45, 2.75) is 52.8 Å². The molecule has 1 atom stereocenters. The van der Waals surface area contributed by atoms with E-state index < -0.39 is 0 Å². The van der Waals surface area contributed by atoms with E-state index in [2.05, 4.69) is 24.1 Å². The number of hydrogen-bond acceptors (Lipinski definition) is 3. The standard InChI is InChI=1S/C19H31N3O2/c1-14(2)21-10-12-22(13-11-21)19(23)20-16(5)17-6-8-18(9-7-17)24-15(3)4/h6-9,14-16H,10-13H2,1-5H3,(H,20,23). The van der Waals surface area contributed by atoms with Crippen LogP contribution in [0.5, 0.6) is 5.75 Å². The molecule has 1 aromatic carbocycles. The molecule has 0 bridgehead atoms. The number of amides is 2. The Morgan fingerprint density at radius 2 is 1.58 bits per heavy atom. The van der Waals surface area contributed by atoms with E-state index in [0.29, 0.717) is 6.04 Å². The van der Waals surface area contributed by atoms with Gasteiger partial charge in [0.2, 0.25) is 0 Å². The predicted molar refractivity (Wildman–Crippen MR) is 97.4 cm³/mol. The smallest absolute Gasteiger partial charge is 0.317 e. The maximum absolute atomic E-state index is 12.4. The van der Waals surface area contributed by atoms with Crippen LogP contribution in [-0.2, 0) is 0 Å². The Labute approximate surface area is 146 Å². The van der Waals surface area contributed by atoms with Crippen LogP contribution in [-0.4, -0.2) is 54.2 Å². The van der Waals surface area contributed by atoms with E-state index in [1.54, 1.807) is 0 Å². The van der Waals surface area contributed by atoms with Gasteiger partial charge in [0.15, 0.2) is 0 Å². The molecule has 1 heterocycles. The van der Waals surface area contributed by atoms with Crippen molar-refractivity contribution >= 4 is 6.03 Å². The summed E-state index contributed by atoms with van der Waals surface area (Å²) in [7, 11) is 0. The van der Waals surface area contributed by atoms with E-state index in [4.69, 9.17) is 4.74 Å². The minimum atomic E-state index is -0.0197. The monoisotopic (exact) mass is 333 g/mol. The molecule has 1 aromatic rings. The van der Waals surface area contributed by atoms with Gasteiger partial charge in [-0.2, -0.15) is 0 Å². The number of urea groups is 1. The van der Waals surface area contributed by atoms with Gasteiger partial charge < -0.3 is 15.0 Å². The lowest BCUT2D eigenvalue weighted by molar-refractivity contribution is 0.118. The van der Waals surface area contributed by atoms with Gasteiger partial charge >= 0.3 is 6.03 Å². The Morgan fingerprint density at radius 3 is 2.08 bits per heavy atom. The summed E-state index contributed by atoms with van der Waals surface area (Å²) in [4.78, 5) is 16.8. The Bertz CT molecular complexity index is 520. The van der Waals surface area contributed by atoms with E-state index >= 15 is 0 Å². The lowest BCUT2D eigenvalue weighted by Crippen LogP contribution is -2.53. The SMILES string of the molecule is CC(C)Oc1ccc(C(C)NC(=O)N2CCN(C(C)C)CC2)cc1. The van der Waals surface area contributed by atoms with Crippen LogP contribution in [0.15, 0.2) is 24.3 Å². The molecule has 0 aliphatic carbocycles. The highest BCUT2D eigenvalue weighted by Gasteiger charge is 2.23. The number of carbonyl (C=O) groups is 1. The molecule has 0 radical (unpaired) electrons. The lowest BCUT2D eigenvalue weighted by atomic mass is 10.1. The minimum Gasteiger partial charge on any atom is -0.491 e. The largest absolute Gasteiger partial charge is 0.491 e. The van der Waals surface area contributed by atoms with Crippen molar-refractivity contribution in [2.75, 3.05) is 26.2 Å². The van der Waals surface area contributed by atoms with Crippen LogP contribution < -0.4 is 10.1 Å². The van der Waals surface area contributed by atoms with E-state index in [1.165, 1.54) is 0 Å². The molecule has 5 nitrogen and oxygen atoms in total. The molecule has 134 valence electrons. The first-order valence-corrected chi connectivity index (χ1v) is 8.93. The maximum Gasteiger partial charge on any atom is 0.317 e. The van der Waals surface area contributed by atoms with Gasteiger partial charge in [0.25, 0.3) is 0 Å². The van der Waals surface area contributed by atoms with Gasteiger partial charge in [0.1, 0.15) is 5.75 Å². The Hall–Kier alpha value is -1.75. The molecule has 2 amide bonds. The molecule has 1 saturated heterocycles. The number of carbonyl (C=O) groups excluding carboxylic acids is 1. The zero-order chi connectivity index (χ0) is 17.7. The second-order valence-electron chi connectivity index (χ2n) is 7.02. The molecule has 0 aromatic heterocycles. The van der Waals surface area contributed by atoms with Gasteiger partial charge in [-0.3, -0.25) is 4.90 Å². The number of nitrogens with zero attached hydrogens (tertiary/aromatic N) is 2. The minimum absolute atomic E-state index is 0.0197. The van der Waals surface area contributed by atoms with Crippen LogP contribution in [0.25, 0.3) is 0 Å². The molecule has 1 aliphatic rings. The van der Waals surface area contributed by atoms with Crippen LogP contribution in [0.1, 0.15) is 46.2 Å². The summed E-state index contributed by atoms with van der Waals surface area (Å²) in [5, 5.41) is 3.10. The first kappa shape index (κ1) is 18.6. The van der Waals surface area contributed by atoms with Crippen LogP contribution in [0.2, 0.25) is 0 Å². The van der Waals surface area contributed by atoms with Crippen LogP contribution in [0, 0.1) is 0 Å². The fourth-order valence-corrected chi connectivity index (χ4v) is 2.91. The molecule has 1 unspecified atom stereocenters. The third kappa shape index (κ3) is 5.13. The van der Waals surface area contributed by atoms with Gasteiger partial charge in [0, 0.05) is 32.2 Å². The summed E-state index contributed by atoms with van der Waals surface area (Å²) in [5.41, 5.74) is 1.08. The van der Waals surface area contributed by atoms with Gasteiger partial charge in [0.05, 0.1) is 12.1 Å². The number of benzene rings is 1. The molecular weight excluding hydrogens is 302 g/mol. The zero-order valence-electron chi connectivity index (χ0n) is 15.6. The van der Waals surface area contributed by atoms with E-state index in [9.17, 15) is 4.79 Å². The van der Waals surface area contributed by atoms with Gasteiger partial charge in [-0.1, -0.05) is 12.1 Å². The number of nitrogens with one attached hydrogen (secondary N) is 1. The van der Waals surface area contributed by atoms with Crippen molar-refractivity contribution in [1.82, 2.24) is 15.1 Å². The summed E-state index contributed by atoms with van der Waals surface area (Å²) in [6.07, 6.45) is 0.164. The molecule has 5 heteroatoms. The van der Waals surface area contributed by atoms with Crippen molar-refractivity contribution in [3.05, 3.63) is 29.8 Å². The molecule has 1 fully saturated rings. The summed E-state index contributed by atoms with van der Waals surface area (Å²) >= 11 is 0. The van der Waals surface area contributed by atoms with E-state index in [-0.39, 0.29) is 18.2 Å². The van der Waals surface area contributed by atoms with Crippen molar-refractivity contribution in [3.63, 3.8) is 0 Å². The van der Waals surface area contributed by atoms with Crippen molar-refractivity contribution in [1.29, 1.82) is 0 Å². The summed E-state index contributed by atoms with van der Waals surface area (Å²) < 4.78 is 5.65. The summed E-state index contributed by atoms with van der Waals surface area (Å²) in [6, 6.07) is 8.49. The Kier molecular flexibility index (Phi) is 6.49. The van der Waals surface area contributed by atoms with Gasteiger partial charge in [-0.15, -0.1) is 0 Å². The molecule has 1 N–H and O–H groups in total. The number of piperazine rings is 1. The average molecular weight is 333 g/mol. The first-order chi connectivity index (χ1) is 11.4. The number of rotatable bonds is 5. The first-order valence-electron chi connectivity index (χ1n) is 8.93. The topological polar surface area (TPSA) is 44.8 Å². The lowest BCUT2D eigenvalue weighted by Gasteiger charge is -2.37. The molecule has 24 heavy (non-hydrogen) atoms. The fraction of sp³-hybridized carbons (Fsp3) is 0.632. The molecule has 2 rings (SSSR count). The fourth-order valence-electron chi connectivity index (χ4n) is 2.91. The van der Waals surface area contributed by atoms with Crippen LogP contribution >= 0.6 is 0 Å². The normalized spacial score (nSPS) is 17.2. The number of ether oxygens (including phenoxy) is 1. The van der Waals surface area contributed by atoms with Crippen LogP contribution in [0.4, 0.5) is 4.79 Å². The quantitative estimate of drug-likeness (QED) is 0.899. The Morgan fingerprint density at radius 1 is 1.00 bits per heavy atom. The van der Waals surface area contributed by atoms with Crippen molar-refractivity contribution in [2.24, 2.45) is 0 Å². The summed E-state index contributed by atoms with van der Waals surface area (Å²) in [5.74, 6) is 0.858. The average Bonchev–Trinajstić information content (AvgIpc) is 2.55.